The van der Waals surface area contributed by atoms with Crippen LogP contribution in [0.1, 0.15) is 18.9 Å². The van der Waals surface area contributed by atoms with E-state index in [1.165, 1.54) is 12.1 Å². The number of amides is 1. The average Bonchev–Trinajstić information content (AvgIpc) is 2.31. The van der Waals surface area contributed by atoms with Crippen molar-refractivity contribution in [2.75, 3.05) is 19.8 Å². The lowest BCUT2D eigenvalue weighted by Crippen LogP contribution is -2.53. The van der Waals surface area contributed by atoms with E-state index in [1.807, 2.05) is 6.92 Å². The SMILES string of the molecule is CCC1(C(=O)NCCc2ccc(F)cc2)COC1. The Balaban J connectivity index is 1.78. The van der Waals surface area contributed by atoms with E-state index in [4.69, 9.17) is 4.74 Å². The fraction of sp³-hybridized carbons (Fsp3) is 0.500. The van der Waals surface area contributed by atoms with Crippen LogP contribution < -0.4 is 5.32 Å². The maximum Gasteiger partial charge on any atom is 0.230 e. The highest BCUT2D eigenvalue weighted by Gasteiger charge is 2.43. The van der Waals surface area contributed by atoms with E-state index < -0.39 is 0 Å². The Morgan fingerprint density at radius 3 is 2.56 bits per heavy atom. The van der Waals surface area contributed by atoms with Crippen LogP contribution in [0.3, 0.4) is 0 Å². The fourth-order valence-electron chi connectivity index (χ4n) is 2.00. The van der Waals surface area contributed by atoms with Crippen LogP contribution in [-0.4, -0.2) is 25.7 Å². The molecule has 0 aliphatic carbocycles. The zero-order chi connectivity index (χ0) is 13.0. The third-order valence-corrected chi connectivity index (χ3v) is 3.53. The van der Waals surface area contributed by atoms with E-state index >= 15 is 0 Å². The zero-order valence-corrected chi connectivity index (χ0v) is 10.5. The third-order valence-electron chi connectivity index (χ3n) is 3.53. The number of halogens is 1. The summed E-state index contributed by atoms with van der Waals surface area (Å²) in [6, 6.07) is 6.35. The largest absolute Gasteiger partial charge is 0.379 e. The van der Waals surface area contributed by atoms with E-state index in [2.05, 4.69) is 5.32 Å². The summed E-state index contributed by atoms with van der Waals surface area (Å²) in [6.07, 6.45) is 1.52. The number of carbonyl (C=O) groups excluding carboxylic acids is 1. The second-order valence-electron chi connectivity index (χ2n) is 4.76. The molecule has 3 nitrogen and oxygen atoms in total. The fourth-order valence-corrected chi connectivity index (χ4v) is 2.00. The number of nitrogens with one attached hydrogen (secondary N) is 1. The Hall–Kier alpha value is -1.42. The molecule has 1 heterocycles. The molecule has 1 amide bonds. The molecule has 1 aliphatic heterocycles. The van der Waals surface area contributed by atoms with Gasteiger partial charge in [-0.1, -0.05) is 19.1 Å². The Labute approximate surface area is 106 Å². The minimum absolute atomic E-state index is 0.0679. The van der Waals surface area contributed by atoms with Crippen molar-refractivity contribution in [1.29, 1.82) is 0 Å². The predicted octanol–water partition coefficient (Wildman–Crippen LogP) is 1.91. The maximum atomic E-state index is 12.7. The van der Waals surface area contributed by atoms with Crippen LogP contribution in [0.15, 0.2) is 24.3 Å². The molecule has 0 spiro atoms. The molecule has 0 bridgehead atoms. The Kier molecular flexibility index (Phi) is 3.97. The summed E-state index contributed by atoms with van der Waals surface area (Å²) in [5.41, 5.74) is 0.704. The van der Waals surface area contributed by atoms with Crippen LogP contribution >= 0.6 is 0 Å². The summed E-state index contributed by atoms with van der Waals surface area (Å²) in [5.74, 6) is -0.169. The first-order chi connectivity index (χ1) is 8.66. The smallest absolute Gasteiger partial charge is 0.230 e. The molecular weight excluding hydrogens is 233 g/mol. The number of benzene rings is 1. The highest BCUT2D eigenvalue weighted by Crippen LogP contribution is 2.31. The van der Waals surface area contributed by atoms with Gasteiger partial charge in [-0.15, -0.1) is 0 Å². The molecule has 1 N–H and O–H groups in total. The molecule has 0 radical (unpaired) electrons. The van der Waals surface area contributed by atoms with Crippen molar-refractivity contribution in [3.63, 3.8) is 0 Å². The van der Waals surface area contributed by atoms with Crippen molar-refractivity contribution in [1.82, 2.24) is 5.32 Å². The van der Waals surface area contributed by atoms with E-state index in [-0.39, 0.29) is 17.1 Å². The molecule has 1 fully saturated rings. The number of hydrogen-bond acceptors (Lipinski definition) is 2. The minimum atomic E-state index is -0.317. The predicted molar refractivity (Wildman–Crippen MR) is 66.7 cm³/mol. The van der Waals surface area contributed by atoms with Gasteiger partial charge in [-0.05, 0) is 30.5 Å². The van der Waals surface area contributed by atoms with Crippen molar-refractivity contribution < 1.29 is 13.9 Å². The van der Waals surface area contributed by atoms with Gasteiger partial charge in [0.2, 0.25) is 5.91 Å². The number of rotatable bonds is 5. The molecule has 0 aromatic heterocycles. The monoisotopic (exact) mass is 251 g/mol. The first-order valence-electron chi connectivity index (χ1n) is 6.27. The van der Waals surface area contributed by atoms with Crippen LogP contribution in [0, 0.1) is 11.2 Å². The lowest BCUT2D eigenvalue weighted by atomic mass is 9.82. The lowest BCUT2D eigenvalue weighted by molar-refractivity contribution is -0.162. The molecule has 0 atom stereocenters. The van der Waals surface area contributed by atoms with Crippen LogP contribution in [0.2, 0.25) is 0 Å². The van der Waals surface area contributed by atoms with E-state index in [9.17, 15) is 9.18 Å². The van der Waals surface area contributed by atoms with Crippen molar-refractivity contribution >= 4 is 5.91 Å². The van der Waals surface area contributed by atoms with Gasteiger partial charge in [-0.3, -0.25) is 4.79 Å². The van der Waals surface area contributed by atoms with E-state index in [0.717, 1.165) is 12.0 Å². The molecule has 0 unspecified atom stereocenters. The summed E-state index contributed by atoms with van der Waals surface area (Å²) in [4.78, 5) is 12.0. The molecule has 1 saturated heterocycles. The summed E-state index contributed by atoms with van der Waals surface area (Å²) < 4.78 is 17.8. The quantitative estimate of drug-likeness (QED) is 0.868. The standard InChI is InChI=1S/C14H18FNO2/c1-2-14(9-18-10-14)13(17)16-8-7-11-3-5-12(15)6-4-11/h3-6H,2,7-10H2,1H3,(H,16,17). The van der Waals surface area contributed by atoms with Gasteiger partial charge < -0.3 is 10.1 Å². The van der Waals surface area contributed by atoms with E-state index in [1.54, 1.807) is 12.1 Å². The summed E-state index contributed by atoms with van der Waals surface area (Å²) in [6.45, 7) is 3.62. The van der Waals surface area contributed by atoms with Crippen LogP contribution in [0.25, 0.3) is 0 Å². The van der Waals surface area contributed by atoms with Crippen LogP contribution in [-0.2, 0) is 16.0 Å². The Morgan fingerprint density at radius 1 is 1.39 bits per heavy atom. The summed E-state index contributed by atoms with van der Waals surface area (Å²) in [7, 11) is 0. The van der Waals surface area contributed by atoms with Gasteiger partial charge in [-0.25, -0.2) is 4.39 Å². The van der Waals surface area contributed by atoms with Gasteiger partial charge in [0.15, 0.2) is 0 Å². The van der Waals surface area contributed by atoms with Gasteiger partial charge in [-0.2, -0.15) is 0 Å². The highest BCUT2D eigenvalue weighted by molar-refractivity contribution is 5.83. The van der Waals surface area contributed by atoms with Crippen molar-refractivity contribution in [2.45, 2.75) is 19.8 Å². The molecule has 4 heteroatoms. The highest BCUT2D eigenvalue weighted by atomic mass is 19.1. The third kappa shape index (κ3) is 2.70. The molecule has 1 aromatic carbocycles. The topological polar surface area (TPSA) is 38.3 Å². The first-order valence-corrected chi connectivity index (χ1v) is 6.27. The van der Waals surface area contributed by atoms with Gasteiger partial charge in [0.25, 0.3) is 0 Å². The lowest BCUT2D eigenvalue weighted by Gasteiger charge is -2.39. The van der Waals surface area contributed by atoms with Gasteiger partial charge >= 0.3 is 0 Å². The molecule has 0 saturated carbocycles. The normalized spacial score (nSPS) is 17.0. The number of ether oxygens (including phenoxy) is 1. The maximum absolute atomic E-state index is 12.7. The number of carbonyl (C=O) groups is 1. The molecule has 1 aromatic rings. The van der Waals surface area contributed by atoms with Gasteiger partial charge in [0.05, 0.1) is 18.6 Å². The molecular formula is C14H18FNO2. The zero-order valence-electron chi connectivity index (χ0n) is 10.5. The average molecular weight is 251 g/mol. The second kappa shape index (κ2) is 5.48. The first kappa shape index (κ1) is 13.0. The molecule has 98 valence electrons. The second-order valence-corrected chi connectivity index (χ2v) is 4.76. The van der Waals surface area contributed by atoms with E-state index in [0.29, 0.717) is 26.2 Å². The van der Waals surface area contributed by atoms with Crippen LogP contribution in [0.5, 0.6) is 0 Å². The van der Waals surface area contributed by atoms with Crippen molar-refractivity contribution in [2.24, 2.45) is 5.41 Å². The van der Waals surface area contributed by atoms with Crippen molar-refractivity contribution in [3.8, 4) is 0 Å². The summed E-state index contributed by atoms with van der Waals surface area (Å²) >= 11 is 0. The molecule has 2 rings (SSSR count). The van der Waals surface area contributed by atoms with Crippen molar-refractivity contribution in [3.05, 3.63) is 35.6 Å². The minimum Gasteiger partial charge on any atom is -0.379 e. The molecule has 1 aliphatic rings. The number of hydrogen-bond donors (Lipinski definition) is 1. The van der Waals surface area contributed by atoms with Gasteiger partial charge in [0.1, 0.15) is 5.82 Å². The molecule has 18 heavy (non-hydrogen) atoms. The Morgan fingerprint density at radius 2 is 2.06 bits per heavy atom. The van der Waals surface area contributed by atoms with Gasteiger partial charge in [0, 0.05) is 6.54 Å². The summed E-state index contributed by atoms with van der Waals surface area (Å²) in [5, 5.41) is 2.93. The Bertz CT molecular complexity index is 407. The van der Waals surface area contributed by atoms with Crippen LogP contribution in [0.4, 0.5) is 4.39 Å².